The van der Waals surface area contributed by atoms with Gasteiger partial charge in [0.2, 0.25) is 0 Å². The summed E-state index contributed by atoms with van der Waals surface area (Å²) in [5, 5.41) is 10.2. The molecule has 0 unspecified atom stereocenters. The molecule has 1 aromatic carbocycles. The van der Waals surface area contributed by atoms with Crippen molar-refractivity contribution in [1.82, 2.24) is 25.1 Å². The Bertz CT molecular complexity index is 1030. The number of benzene rings is 1. The second-order valence-electron chi connectivity index (χ2n) is 7.70. The second kappa shape index (κ2) is 9.55. The number of ether oxygens (including phenoxy) is 1. The van der Waals surface area contributed by atoms with Crippen LogP contribution in [0.2, 0.25) is 0 Å². The summed E-state index contributed by atoms with van der Waals surface area (Å²) in [7, 11) is 0. The second-order valence-corrected chi connectivity index (χ2v) is 7.70. The van der Waals surface area contributed by atoms with Crippen molar-refractivity contribution in [2.45, 2.75) is 26.2 Å². The minimum atomic E-state index is -0.463. The molecule has 1 amide bonds. The van der Waals surface area contributed by atoms with Gasteiger partial charge in [-0.1, -0.05) is 12.1 Å². The molecule has 1 aliphatic heterocycles. The third-order valence-electron chi connectivity index (χ3n) is 5.34. The van der Waals surface area contributed by atoms with E-state index in [1.54, 1.807) is 23.4 Å². The molecule has 1 aliphatic rings. The van der Waals surface area contributed by atoms with Crippen LogP contribution in [0.5, 0.6) is 5.75 Å². The van der Waals surface area contributed by atoms with Gasteiger partial charge >= 0.3 is 0 Å². The van der Waals surface area contributed by atoms with Crippen LogP contribution in [-0.4, -0.2) is 50.7 Å². The lowest BCUT2D eigenvalue weighted by Crippen LogP contribution is -2.41. The van der Waals surface area contributed by atoms with E-state index in [2.05, 4.69) is 25.5 Å². The maximum Gasteiger partial charge on any atom is 0.260 e. The molecule has 0 saturated carbocycles. The fourth-order valence-corrected chi connectivity index (χ4v) is 3.67. The lowest BCUT2D eigenvalue weighted by Gasteiger charge is -2.31. The molecular weight excluding hydrogens is 399 g/mol. The molecule has 9 heteroatoms. The van der Waals surface area contributed by atoms with Crippen molar-refractivity contribution >= 4 is 17.5 Å². The van der Waals surface area contributed by atoms with Crippen molar-refractivity contribution in [3.8, 4) is 5.75 Å². The predicted octanol–water partition coefficient (Wildman–Crippen LogP) is 3.25. The number of amides is 1. The molecule has 0 radical (unpaired) electrons. The Hall–Kier alpha value is -3.49. The molecule has 1 saturated heterocycles. The molecule has 0 bridgehead atoms. The van der Waals surface area contributed by atoms with E-state index in [1.165, 1.54) is 12.1 Å². The Kier molecular flexibility index (Phi) is 6.40. The monoisotopic (exact) mass is 424 g/mol. The summed E-state index contributed by atoms with van der Waals surface area (Å²) in [6.45, 7) is 3.10. The molecule has 2 aromatic heterocycles. The van der Waals surface area contributed by atoms with Gasteiger partial charge in [-0.25, -0.2) is 14.4 Å². The van der Waals surface area contributed by atoms with Crippen LogP contribution in [0.4, 0.5) is 16.0 Å². The molecule has 8 nitrogen and oxygen atoms in total. The number of para-hydroxylation sites is 1. The summed E-state index contributed by atoms with van der Waals surface area (Å²) < 4.78 is 19.0. The van der Waals surface area contributed by atoms with Gasteiger partial charge in [-0.2, -0.15) is 5.10 Å². The third-order valence-corrected chi connectivity index (χ3v) is 5.34. The van der Waals surface area contributed by atoms with Gasteiger partial charge in [-0.05, 0) is 44.2 Å². The lowest BCUT2D eigenvalue weighted by molar-refractivity contribution is -0.134. The number of nitrogens with zero attached hydrogens (tertiary/aromatic N) is 4. The Balaban J connectivity index is 1.25. The smallest absolute Gasteiger partial charge is 0.260 e. The Morgan fingerprint density at radius 3 is 2.77 bits per heavy atom. The topological polar surface area (TPSA) is 96.0 Å². The van der Waals surface area contributed by atoms with Crippen molar-refractivity contribution in [3.63, 3.8) is 0 Å². The Morgan fingerprint density at radius 1 is 1.23 bits per heavy atom. The molecule has 1 fully saturated rings. The van der Waals surface area contributed by atoms with Crippen LogP contribution in [0, 0.1) is 18.7 Å². The predicted molar refractivity (Wildman–Crippen MR) is 114 cm³/mol. The standard InChI is InChI=1S/C22H25FN6O2/c1-15-10-21(28-27-15)26-20-12-17(24-14-25-20)11-16-6-8-29(9-7-16)22(30)13-31-19-5-3-2-4-18(19)23/h2-5,10,12,14,16H,6-9,11,13H2,1H3,(H2,24,25,26,27,28). The van der Waals surface area contributed by atoms with E-state index in [-0.39, 0.29) is 18.3 Å². The molecule has 0 aliphatic carbocycles. The van der Waals surface area contributed by atoms with Crippen LogP contribution in [0.1, 0.15) is 24.2 Å². The largest absolute Gasteiger partial charge is 0.481 e. The SMILES string of the molecule is Cc1cc(Nc2cc(CC3CCN(C(=O)COc4ccccc4F)CC3)ncn2)n[nH]1. The number of aromatic nitrogens is 4. The van der Waals surface area contributed by atoms with Crippen molar-refractivity contribution in [1.29, 1.82) is 0 Å². The fraction of sp³-hybridized carbons (Fsp3) is 0.364. The van der Waals surface area contributed by atoms with Crippen LogP contribution in [0.15, 0.2) is 42.7 Å². The van der Waals surface area contributed by atoms with Crippen molar-refractivity contribution in [3.05, 3.63) is 59.9 Å². The summed E-state index contributed by atoms with van der Waals surface area (Å²) >= 11 is 0. The number of anilines is 2. The van der Waals surface area contributed by atoms with Crippen LogP contribution >= 0.6 is 0 Å². The first kappa shape index (κ1) is 20.8. The van der Waals surface area contributed by atoms with Gasteiger partial charge in [0.05, 0.1) is 0 Å². The number of hydrogen-bond acceptors (Lipinski definition) is 6. The number of carbonyl (C=O) groups is 1. The number of carbonyl (C=O) groups excluding carboxylic acids is 1. The summed E-state index contributed by atoms with van der Waals surface area (Å²) in [6, 6.07) is 9.94. The number of likely N-dealkylation sites (tertiary alicyclic amines) is 1. The zero-order valence-corrected chi connectivity index (χ0v) is 17.3. The average molecular weight is 424 g/mol. The van der Waals surface area contributed by atoms with Crippen molar-refractivity contribution in [2.75, 3.05) is 25.0 Å². The number of aromatic amines is 1. The molecule has 0 atom stereocenters. The normalized spacial score (nSPS) is 14.5. The third kappa shape index (κ3) is 5.56. The number of piperidine rings is 1. The number of rotatable bonds is 7. The van der Waals surface area contributed by atoms with Crippen LogP contribution in [0.25, 0.3) is 0 Å². The van der Waals surface area contributed by atoms with E-state index < -0.39 is 5.82 Å². The number of aryl methyl sites for hydroxylation is 1. The summed E-state index contributed by atoms with van der Waals surface area (Å²) in [6.07, 6.45) is 4.15. The van der Waals surface area contributed by atoms with Gasteiger partial charge in [0.15, 0.2) is 24.0 Å². The Labute approximate surface area is 179 Å². The van der Waals surface area contributed by atoms with Gasteiger partial charge in [-0.3, -0.25) is 9.89 Å². The summed E-state index contributed by atoms with van der Waals surface area (Å²) in [5.74, 6) is 1.37. The maximum atomic E-state index is 13.6. The molecule has 31 heavy (non-hydrogen) atoms. The zero-order valence-electron chi connectivity index (χ0n) is 17.3. The van der Waals surface area contributed by atoms with E-state index in [0.29, 0.717) is 30.6 Å². The average Bonchev–Trinajstić information content (AvgIpc) is 3.18. The highest BCUT2D eigenvalue weighted by Gasteiger charge is 2.24. The van der Waals surface area contributed by atoms with E-state index in [1.807, 2.05) is 19.1 Å². The molecule has 3 aromatic rings. The van der Waals surface area contributed by atoms with Gasteiger partial charge in [0.25, 0.3) is 5.91 Å². The molecule has 3 heterocycles. The van der Waals surface area contributed by atoms with Crippen molar-refractivity contribution in [2.24, 2.45) is 5.92 Å². The van der Waals surface area contributed by atoms with Gasteiger partial charge in [0.1, 0.15) is 12.1 Å². The van der Waals surface area contributed by atoms with Gasteiger partial charge in [0, 0.05) is 36.6 Å². The lowest BCUT2D eigenvalue weighted by atomic mass is 9.92. The first-order chi connectivity index (χ1) is 15.1. The highest BCUT2D eigenvalue weighted by atomic mass is 19.1. The summed E-state index contributed by atoms with van der Waals surface area (Å²) in [5.41, 5.74) is 1.93. The first-order valence-electron chi connectivity index (χ1n) is 10.3. The highest BCUT2D eigenvalue weighted by molar-refractivity contribution is 5.77. The molecule has 162 valence electrons. The first-order valence-corrected chi connectivity index (χ1v) is 10.3. The number of H-pyrrole nitrogens is 1. The quantitative estimate of drug-likeness (QED) is 0.605. The highest BCUT2D eigenvalue weighted by Crippen LogP contribution is 2.23. The Morgan fingerprint density at radius 2 is 2.03 bits per heavy atom. The van der Waals surface area contributed by atoms with Gasteiger partial charge in [-0.15, -0.1) is 0 Å². The van der Waals surface area contributed by atoms with Crippen LogP contribution in [0.3, 0.4) is 0 Å². The maximum absolute atomic E-state index is 13.6. The van der Waals surface area contributed by atoms with Crippen molar-refractivity contribution < 1.29 is 13.9 Å². The summed E-state index contributed by atoms with van der Waals surface area (Å²) in [4.78, 5) is 22.8. The molecule has 4 rings (SSSR count). The fourth-order valence-electron chi connectivity index (χ4n) is 3.67. The van der Waals surface area contributed by atoms with E-state index >= 15 is 0 Å². The van der Waals surface area contributed by atoms with E-state index in [4.69, 9.17) is 4.74 Å². The molecule has 0 spiro atoms. The zero-order chi connectivity index (χ0) is 21.6. The number of nitrogens with one attached hydrogen (secondary N) is 2. The van der Waals surface area contributed by atoms with E-state index in [0.717, 1.165) is 30.7 Å². The minimum Gasteiger partial charge on any atom is -0.481 e. The van der Waals surface area contributed by atoms with Crippen LogP contribution in [-0.2, 0) is 11.2 Å². The number of halogens is 1. The molecule has 2 N–H and O–H groups in total. The molecular formula is C22H25FN6O2. The number of hydrogen-bond donors (Lipinski definition) is 2. The van der Waals surface area contributed by atoms with Gasteiger partial charge < -0.3 is 15.0 Å². The minimum absolute atomic E-state index is 0.101. The van der Waals surface area contributed by atoms with Crippen LogP contribution < -0.4 is 10.1 Å². The van der Waals surface area contributed by atoms with E-state index in [9.17, 15) is 9.18 Å².